The van der Waals surface area contributed by atoms with E-state index in [-0.39, 0.29) is 35.1 Å². The molecule has 1 saturated heterocycles. The van der Waals surface area contributed by atoms with Crippen LogP contribution in [0, 0.1) is 0 Å². The van der Waals surface area contributed by atoms with Crippen LogP contribution in [0.1, 0.15) is 76.1 Å². The molecule has 0 N–H and O–H groups in total. The van der Waals surface area contributed by atoms with Gasteiger partial charge < -0.3 is 32.4 Å². The molecule has 2 unspecified atom stereocenters. The lowest BCUT2D eigenvalue weighted by Crippen LogP contribution is -2.68. The van der Waals surface area contributed by atoms with E-state index in [0.717, 1.165) is 35.4 Å². The molecule has 322 valence electrons. The second-order valence-corrected chi connectivity index (χ2v) is 17.5. The fourth-order valence-electron chi connectivity index (χ4n) is 7.56. The lowest BCUT2D eigenvalue weighted by Gasteiger charge is -2.45. The molecule has 2 atom stereocenters. The van der Waals surface area contributed by atoms with Crippen LogP contribution in [0.25, 0.3) is 0 Å². The van der Waals surface area contributed by atoms with Crippen molar-refractivity contribution < 1.29 is 68.2 Å². The topological polar surface area (TPSA) is 110 Å². The van der Waals surface area contributed by atoms with Gasteiger partial charge in [0, 0.05) is 38.9 Å². The molecule has 60 heavy (non-hydrogen) atoms. The molecular weight excluding hydrogens is 817 g/mol. The molecule has 1 heterocycles. The number of carbonyl (C=O) groups is 3. The summed E-state index contributed by atoms with van der Waals surface area (Å²) in [5.41, 5.74) is -5.89. The summed E-state index contributed by atoms with van der Waals surface area (Å²) in [6.45, 7) is 3.96. The number of carbonyl (C=O) groups excluding carboxylic acids is 3. The minimum Gasteiger partial charge on any atom is -0.497 e. The maximum Gasteiger partial charge on any atom is 0.524 e. The third kappa shape index (κ3) is 8.80. The number of benzene rings is 4. The summed E-state index contributed by atoms with van der Waals surface area (Å²) in [6.07, 6.45) is -10.6. The smallest absolute Gasteiger partial charge is 0.497 e. The van der Waals surface area contributed by atoms with Crippen LogP contribution in [0.15, 0.2) is 97.1 Å². The Morgan fingerprint density at radius 1 is 0.667 bits per heavy atom. The first-order valence-electron chi connectivity index (χ1n) is 18.7. The molecule has 4 aromatic rings. The van der Waals surface area contributed by atoms with Crippen LogP contribution in [0.5, 0.6) is 11.5 Å². The normalized spacial score (nSPS) is 15.7. The van der Waals surface area contributed by atoms with Crippen LogP contribution in [0.3, 0.4) is 0 Å². The Morgan fingerprint density at radius 3 is 1.55 bits per heavy atom. The van der Waals surface area contributed by atoms with Crippen molar-refractivity contribution in [3.8, 4) is 11.5 Å². The number of likely N-dealkylation sites (tertiary alicyclic amines) is 1. The molecule has 0 aliphatic carbocycles. The number of nitrogens with zero attached hydrogens (tertiary/aromatic N) is 1. The summed E-state index contributed by atoms with van der Waals surface area (Å²) in [5, 5.41) is 0. The first-order valence-corrected chi connectivity index (χ1v) is 20.5. The SMILES string of the molecule is COc1ccc(C(c2ccc(C(=O)Oc3ccc(C(C)(CCCOC(=O)N4CCC4[Si](OC)(OC)OC)c4ccc(C(C)=O)cc4)cc3)cc2)(C(F)(F)F)C(F)(F)F)cc1. The van der Waals surface area contributed by atoms with Crippen LogP contribution >= 0.6 is 0 Å². The molecule has 1 fully saturated rings. The minimum atomic E-state index is -5.82. The van der Waals surface area contributed by atoms with Crippen LogP contribution in [-0.2, 0) is 28.8 Å². The lowest BCUT2D eigenvalue weighted by atomic mass is 9.72. The lowest BCUT2D eigenvalue weighted by molar-refractivity contribution is -0.288. The molecule has 17 heteroatoms. The standard InChI is InChI=1S/C43H45F6NO9Si/c1-28(51)29-8-12-31(13-9-29)40(2,25-7-27-58-39(53)50-26-24-37(50)60(55-4,56-5)57-6)32-16-22-36(23-17-32)59-38(52)30-10-14-33(15-11-30)41(42(44,45)46,43(47,48)49)34-18-20-35(54-3)21-19-34/h8-23,37H,7,24-27H2,1-6H3. The number of hydrogen-bond donors (Lipinski definition) is 0. The van der Waals surface area contributed by atoms with Gasteiger partial charge in [-0.05, 0) is 84.8 Å². The second-order valence-electron chi connectivity index (χ2n) is 14.4. The van der Waals surface area contributed by atoms with Gasteiger partial charge in [-0.2, -0.15) is 26.3 Å². The Labute approximate surface area is 344 Å². The summed E-state index contributed by atoms with van der Waals surface area (Å²) >= 11 is 0. The Bertz CT molecular complexity index is 2090. The molecule has 5 rings (SSSR count). The third-order valence-corrected chi connectivity index (χ3v) is 14.2. The number of hydrogen-bond acceptors (Lipinski definition) is 9. The van der Waals surface area contributed by atoms with Crippen molar-refractivity contribution in [1.29, 1.82) is 0 Å². The van der Waals surface area contributed by atoms with E-state index in [0.29, 0.717) is 55.6 Å². The zero-order valence-corrected chi connectivity index (χ0v) is 34.7. The van der Waals surface area contributed by atoms with Crippen molar-refractivity contribution in [3.63, 3.8) is 0 Å². The quantitative estimate of drug-likeness (QED) is 0.0272. The summed E-state index contributed by atoms with van der Waals surface area (Å²) < 4.78 is 120. The van der Waals surface area contributed by atoms with E-state index < -0.39 is 55.2 Å². The highest BCUT2D eigenvalue weighted by Crippen LogP contribution is 2.56. The van der Waals surface area contributed by atoms with Crippen LogP contribution < -0.4 is 9.47 Å². The third-order valence-electron chi connectivity index (χ3n) is 11.1. The highest BCUT2D eigenvalue weighted by Gasteiger charge is 2.72. The number of Topliss-reactive ketones (excluding diaryl/α,β-unsaturated/α-hetero) is 1. The van der Waals surface area contributed by atoms with Gasteiger partial charge in [-0.25, -0.2) is 9.59 Å². The number of ether oxygens (including phenoxy) is 3. The van der Waals surface area contributed by atoms with Crippen molar-refractivity contribution in [1.82, 2.24) is 4.90 Å². The van der Waals surface area contributed by atoms with Crippen molar-refractivity contribution >= 4 is 26.7 Å². The fraction of sp³-hybridized carbons (Fsp3) is 0.372. The van der Waals surface area contributed by atoms with E-state index in [4.69, 9.17) is 27.5 Å². The van der Waals surface area contributed by atoms with Gasteiger partial charge in [-0.1, -0.05) is 67.6 Å². The molecular formula is C43H45F6NO9Si. The van der Waals surface area contributed by atoms with Gasteiger partial charge in [0.2, 0.25) is 5.41 Å². The molecule has 1 aliphatic rings. The van der Waals surface area contributed by atoms with Gasteiger partial charge in [0.15, 0.2) is 5.78 Å². The number of halogens is 6. The number of amides is 1. The Kier molecular flexibility index (Phi) is 13.9. The van der Waals surface area contributed by atoms with E-state index in [9.17, 15) is 40.7 Å². The average molecular weight is 862 g/mol. The average Bonchev–Trinajstić information content (AvgIpc) is 3.21. The molecule has 1 amide bonds. The van der Waals surface area contributed by atoms with Crippen LogP contribution in [-0.4, -0.2) is 91.2 Å². The number of methoxy groups -OCH3 is 1. The molecule has 0 radical (unpaired) electrons. The predicted molar refractivity (Wildman–Crippen MR) is 209 cm³/mol. The molecule has 0 bridgehead atoms. The van der Waals surface area contributed by atoms with E-state index in [1.54, 1.807) is 24.3 Å². The number of esters is 1. The first kappa shape index (κ1) is 45.8. The molecule has 0 aromatic heterocycles. The molecule has 0 saturated carbocycles. The van der Waals surface area contributed by atoms with Gasteiger partial charge >= 0.3 is 33.2 Å². The maximum absolute atomic E-state index is 14.6. The zero-order chi connectivity index (χ0) is 44.1. The predicted octanol–water partition coefficient (Wildman–Crippen LogP) is 9.24. The van der Waals surface area contributed by atoms with Gasteiger partial charge in [0.25, 0.3) is 0 Å². The monoisotopic (exact) mass is 861 g/mol. The van der Waals surface area contributed by atoms with E-state index >= 15 is 0 Å². The molecule has 0 spiro atoms. The summed E-state index contributed by atoms with van der Waals surface area (Å²) in [5.74, 6) is -1.00. The van der Waals surface area contributed by atoms with E-state index in [1.165, 1.54) is 52.4 Å². The summed E-state index contributed by atoms with van der Waals surface area (Å²) in [4.78, 5) is 39.7. The van der Waals surface area contributed by atoms with Crippen LogP contribution in [0.2, 0.25) is 0 Å². The highest BCUT2D eigenvalue weighted by molar-refractivity contribution is 6.62. The number of ketones is 1. The van der Waals surface area contributed by atoms with Crippen molar-refractivity contribution in [2.24, 2.45) is 0 Å². The van der Waals surface area contributed by atoms with Gasteiger partial charge in [0.1, 0.15) is 17.2 Å². The first-order chi connectivity index (χ1) is 28.3. The highest BCUT2D eigenvalue weighted by atomic mass is 28.4. The molecule has 1 aliphatic heterocycles. The van der Waals surface area contributed by atoms with Crippen LogP contribution in [0.4, 0.5) is 31.1 Å². The van der Waals surface area contributed by atoms with E-state index in [2.05, 4.69) is 0 Å². The summed E-state index contributed by atoms with van der Waals surface area (Å²) in [7, 11) is 2.53. The number of rotatable bonds is 16. The van der Waals surface area contributed by atoms with Gasteiger partial charge in [0.05, 0.1) is 19.3 Å². The largest absolute Gasteiger partial charge is 0.524 e. The van der Waals surface area contributed by atoms with E-state index in [1.807, 2.05) is 19.1 Å². The molecule has 10 nitrogen and oxygen atoms in total. The van der Waals surface area contributed by atoms with Crippen molar-refractivity contribution in [2.75, 3.05) is 41.6 Å². The zero-order valence-electron chi connectivity index (χ0n) is 33.7. The Morgan fingerprint density at radius 2 is 1.12 bits per heavy atom. The summed E-state index contributed by atoms with van der Waals surface area (Å²) in [6, 6.07) is 19.9. The van der Waals surface area contributed by atoms with Crippen molar-refractivity contribution in [3.05, 3.63) is 130 Å². The second kappa shape index (κ2) is 18.2. The fourth-order valence-corrected chi connectivity index (χ4v) is 9.98. The molecule has 4 aromatic carbocycles. The Balaban J connectivity index is 1.33. The van der Waals surface area contributed by atoms with Gasteiger partial charge in [-0.15, -0.1) is 0 Å². The van der Waals surface area contributed by atoms with Crippen molar-refractivity contribution in [2.45, 2.75) is 62.0 Å². The number of alkyl halides is 6. The minimum absolute atomic E-state index is 0.0566. The Hall–Kier alpha value is -5.23. The van der Waals surface area contributed by atoms with Gasteiger partial charge in [-0.3, -0.25) is 4.79 Å². The maximum atomic E-state index is 14.6.